The van der Waals surface area contributed by atoms with Crippen LogP contribution >= 0.6 is 0 Å². The van der Waals surface area contributed by atoms with E-state index in [9.17, 15) is 0 Å². The zero-order chi connectivity index (χ0) is 9.84. The topological polar surface area (TPSA) is 32.3 Å². The zero-order valence-electron chi connectivity index (χ0n) is 9.09. The highest BCUT2D eigenvalue weighted by Crippen LogP contribution is 2.27. The molecule has 1 rings (SSSR count). The Morgan fingerprint density at radius 2 is 2.00 bits per heavy atom. The fourth-order valence-electron chi connectivity index (χ4n) is 2.09. The lowest BCUT2D eigenvalue weighted by molar-refractivity contribution is 0.180. The molecule has 13 heavy (non-hydrogen) atoms. The van der Waals surface area contributed by atoms with E-state index in [0.29, 0.717) is 24.6 Å². The van der Waals surface area contributed by atoms with E-state index in [4.69, 9.17) is 5.11 Å². The Morgan fingerprint density at radius 1 is 1.38 bits per heavy atom. The molecule has 1 unspecified atom stereocenters. The number of hydrogen-bond acceptors (Lipinski definition) is 2. The van der Waals surface area contributed by atoms with Crippen LogP contribution in [0.1, 0.15) is 40.0 Å². The maximum Gasteiger partial charge on any atom is 0.0445 e. The molecule has 0 radical (unpaired) electrons. The van der Waals surface area contributed by atoms with Gasteiger partial charge in [-0.3, -0.25) is 0 Å². The van der Waals surface area contributed by atoms with Crippen LogP contribution in [0.15, 0.2) is 0 Å². The van der Waals surface area contributed by atoms with E-state index in [1.807, 2.05) is 0 Å². The molecule has 0 bridgehead atoms. The van der Waals surface area contributed by atoms with Crippen molar-refractivity contribution in [1.82, 2.24) is 5.32 Å². The summed E-state index contributed by atoms with van der Waals surface area (Å²) in [5.74, 6) is 1.53. The van der Waals surface area contributed by atoms with Gasteiger partial charge in [0.1, 0.15) is 0 Å². The van der Waals surface area contributed by atoms with Gasteiger partial charge in [-0.25, -0.2) is 0 Å². The summed E-state index contributed by atoms with van der Waals surface area (Å²) < 4.78 is 0. The molecule has 0 aromatic heterocycles. The Morgan fingerprint density at radius 3 is 2.38 bits per heavy atom. The standard InChI is InChI=1S/C11H23NO/c1-8(2)11(4-5-13)12-10-6-9(3)7-10/h8-13H,4-7H2,1-3H3. The monoisotopic (exact) mass is 185 g/mol. The van der Waals surface area contributed by atoms with E-state index < -0.39 is 0 Å². The number of rotatable bonds is 5. The van der Waals surface area contributed by atoms with Crippen molar-refractivity contribution in [3.05, 3.63) is 0 Å². The van der Waals surface area contributed by atoms with E-state index in [2.05, 4.69) is 26.1 Å². The van der Waals surface area contributed by atoms with Crippen molar-refractivity contribution >= 4 is 0 Å². The molecule has 78 valence electrons. The zero-order valence-corrected chi connectivity index (χ0v) is 9.09. The second-order valence-corrected chi connectivity index (χ2v) is 4.80. The molecule has 0 heterocycles. The minimum Gasteiger partial charge on any atom is -0.396 e. The van der Waals surface area contributed by atoms with Crippen LogP contribution in [-0.2, 0) is 0 Å². The average molecular weight is 185 g/mol. The van der Waals surface area contributed by atoms with Crippen LogP contribution in [0.4, 0.5) is 0 Å². The van der Waals surface area contributed by atoms with Gasteiger partial charge >= 0.3 is 0 Å². The van der Waals surface area contributed by atoms with Gasteiger partial charge in [0.25, 0.3) is 0 Å². The van der Waals surface area contributed by atoms with E-state index in [0.717, 1.165) is 12.3 Å². The fraction of sp³-hybridized carbons (Fsp3) is 1.00. The summed E-state index contributed by atoms with van der Waals surface area (Å²) in [5, 5.41) is 12.5. The molecule has 0 saturated heterocycles. The highest BCUT2D eigenvalue weighted by molar-refractivity contribution is 4.86. The first-order chi connectivity index (χ1) is 6.13. The number of aliphatic hydroxyl groups excluding tert-OH is 1. The van der Waals surface area contributed by atoms with E-state index in [1.54, 1.807) is 0 Å². The van der Waals surface area contributed by atoms with Gasteiger partial charge in [-0.05, 0) is 31.1 Å². The van der Waals surface area contributed by atoms with Crippen molar-refractivity contribution in [3.63, 3.8) is 0 Å². The van der Waals surface area contributed by atoms with Crippen LogP contribution in [0.3, 0.4) is 0 Å². The molecule has 1 aliphatic carbocycles. The minimum atomic E-state index is 0.304. The van der Waals surface area contributed by atoms with E-state index >= 15 is 0 Å². The van der Waals surface area contributed by atoms with Crippen LogP contribution in [0.25, 0.3) is 0 Å². The summed E-state index contributed by atoms with van der Waals surface area (Å²) in [5.41, 5.74) is 0. The number of aliphatic hydroxyl groups is 1. The number of hydrogen-bond donors (Lipinski definition) is 2. The maximum absolute atomic E-state index is 8.90. The third-order valence-electron chi connectivity index (χ3n) is 3.07. The smallest absolute Gasteiger partial charge is 0.0445 e. The normalized spacial score (nSPS) is 30.2. The molecule has 0 spiro atoms. The summed E-state index contributed by atoms with van der Waals surface area (Å²) in [7, 11) is 0. The van der Waals surface area contributed by atoms with Gasteiger partial charge in [-0.15, -0.1) is 0 Å². The molecular formula is C11H23NO. The predicted molar refractivity (Wildman–Crippen MR) is 55.7 cm³/mol. The van der Waals surface area contributed by atoms with Crippen molar-refractivity contribution in [3.8, 4) is 0 Å². The molecule has 0 aliphatic heterocycles. The van der Waals surface area contributed by atoms with Gasteiger partial charge < -0.3 is 10.4 Å². The lowest BCUT2D eigenvalue weighted by Crippen LogP contribution is -2.47. The SMILES string of the molecule is CC1CC(NC(CCO)C(C)C)C1. The first-order valence-corrected chi connectivity index (χ1v) is 5.50. The molecule has 1 saturated carbocycles. The summed E-state index contributed by atoms with van der Waals surface area (Å²) in [4.78, 5) is 0. The molecule has 0 amide bonds. The quantitative estimate of drug-likeness (QED) is 0.684. The maximum atomic E-state index is 8.90. The molecule has 2 N–H and O–H groups in total. The molecule has 2 nitrogen and oxygen atoms in total. The van der Waals surface area contributed by atoms with Crippen LogP contribution in [0.2, 0.25) is 0 Å². The van der Waals surface area contributed by atoms with Gasteiger partial charge in [0, 0.05) is 18.7 Å². The average Bonchev–Trinajstić information content (AvgIpc) is 2.00. The molecule has 1 fully saturated rings. The summed E-state index contributed by atoms with van der Waals surface area (Å²) in [6, 6.07) is 1.22. The van der Waals surface area contributed by atoms with Crippen LogP contribution in [-0.4, -0.2) is 23.8 Å². The molecule has 1 atom stereocenters. The van der Waals surface area contributed by atoms with Crippen molar-refractivity contribution in [1.29, 1.82) is 0 Å². The predicted octanol–water partition coefficient (Wildman–Crippen LogP) is 1.78. The van der Waals surface area contributed by atoms with Crippen LogP contribution in [0.5, 0.6) is 0 Å². The minimum absolute atomic E-state index is 0.304. The van der Waals surface area contributed by atoms with Crippen molar-refractivity contribution < 1.29 is 5.11 Å². The molecule has 0 aromatic carbocycles. The second kappa shape index (κ2) is 4.97. The Labute approximate surface area is 81.7 Å². The van der Waals surface area contributed by atoms with Gasteiger partial charge in [0.2, 0.25) is 0 Å². The summed E-state index contributed by atoms with van der Waals surface area (Å²) in [6.45, 7) is 7.04. The van der Waals surface area contributed by atoms with Gasteiger partial charge in [0.05, 0.1) is 0 Å². The third-order valence-corrected chi connectivity index (χ3v) is 3.07. The Balaban J connectivity index is 2.22. The first-order valence-electron chi connectivity index (χ1n) is 5.50. The van der Waals surface area contributed by atoms with E-state index in [1.165, 1.54) is 12.8 Å². The van der Waals surface area contributed by atoms with Gasteiger partial charge in [-0.1, -0.05) is 20.8 Å². The van der Waals surface area contributed by atoms with Gasteiger partial charge in [0.15, 0.2) is 0 Å². The Bertz CT molecular complexity index is 141. The molecule has 1 aliphatic rings. The lowest BCUT2D eigenvalue weighted by Gasteiger charge is -2.37. The molecule has 2 heteroatoms. The number of nitrogens with one attached hydrogen (secondary N) is 1. The second-order valence-electron chi connectivity index (χ2n) is 4.80. The molecule has 0 aromatic rings. The van der Waals surface area contributed by atoms with Crippen LogP contribution in [0, 0.1) is 11.8 Å². The van der Waals surface area contributed by atoms with Crippen molar-refractivity contribution in [2.45, 2.75) is 52.1 Å². The third kappa shape index (κ3) is 3.28. The summed E-state index contributed by atoms with van der Waals surface area (Å²) in [6.07, 6.45) is 3.52. The van der Waals surface area contributed by atoms with Gasteiger partial charge in [-0.2, -0.15) is 0 Å². The highest BCUT2D eigenvalue weighted by atomic mass is 16.3. The summed E-state index contributed by atoms with van der Waals surface area (Å²) >= 11 is 0. The van der Waals surface area contributed by atoms with Crippen molar-refractivity contribution in [2.24, 2.45) is 11.8 Å². The molecular weight excluding hydrogens is 162 g/mol. The largest absolute Gasteiger partial charge is 0.396 e. The fourth-order valence-corrected chi connectivity index (χ4v) is 2.09. The highest BCUT2D eigenvalue weighted by Gasteiger charge is 2.27. The van der Waals surface area contributed by atoms with E-state index in [-0.39, 0.29) is 0 Å². The lowest BCUT2D eigenvalue weighted by atomic mass is 9.81. The first kappa shape index (κ1) is 11.0. The van der Waals surface area contributed by atoms with Crippen molar-refractivity contribution in [2.75, 3.05) is 6.61 Å². The Kier molecular flexibility index (Phi) is 4.20. The Hall–Kier alpha value is -0.0800. The van der Waals surface area contributed by atoms with Crippen LogP contribution < -0.4 is 5.32 Å².